The topological polar surface area (TPSA) is 77.0 Å². The fourth-order valence-electron chi connectivity index (χ4n) is 2.08. The van der Waals surface area contributed by atoms with Crippen LogP contribution in [0, 0.1) is 6.92 Å². The first-order valence-corrected chi connectivity index (χ1v) is 9.35. The molecule has 0 aliphatic heterocycles. The molecular weight excluding hydrogens is 364 g/mol. The summed E-state index contributed by atoms with van der Waals surface area (Å²) in [5.74, 6) is 0.809. The van der Waals surface area contributed by atoms with E-state index in [0.29, 0.717) is 22.9 Å². The highest BCUT2D eigenvalue weighted by Gasteiger charge is 2.18. The van der Waals surface area contributed by atoms with Crippen LogP contribution in [-0.4, -0.2) is 28.3 Å². The molecule has 0 aliphatic rings. The Hall–Kier alpha value is -2.25. The summed E-state index contributed by atoms with van der Waals surface area (Å²) in [6.07, 6.45) is 1.36. The lowest BCUT2D eigenvalue weighted by Crippen LogP contribution is -2.19. The molecule has 0 fully saturated rings. The van der Waals surface area contributed by atoms with Crippen LogP contribution >= 0.6 is 11.6 Å². The lowest BCUT2D eigenvalue weighted by molar-refractivity contribution is 0.340. The predicted octanol–water partition coefficient (Wildman–Crippen LogP) is 3.37. The second-order valence-corrected chi connectivity index (χ2v) is 7.17. The van der Waals surface area contributed by atoms with Gasteiger partial charge < -0.3 is 9.47 Å². The van der Waals surface area contributed by atoms with Gasteiger partial charge in [0.05, 0.1) is 25.0 Å². The highest BCUT2D eigenvalue weighted by atomic mass is 35.5. The van der Waals surface area contributed by atoms with Gasteiger partial charge in [-0.25, -0.2) is 0 Å². The number of hydrogen-bond donors (Lipinski definition) is 1. The molecule has 2 rings (SSSR count). The number of hydrogen-bond acceptors (Lipinski definition) is 5. The predicted molar refractivity (Wildman–Crippen MR) is 98.3 cm³/mol. The minimum atomic E-state index is -3.85. The van der Waals surface area contributed by atoms with E-state index in [-0.39, 0.29) is 10.6 Å². The Labute approximate surface area is 152 Å². The summed E-state index contributed by atoms with van der Waals surface area (Å²) in [6, 6.07) is 9.94. The largest absolute Gasteiger partial charge is 0.495 e. The van der Waals surface area contributed by atoms with E-state index in [1.807, 2.05) is 6.92 Å². The van der Waals surface area contributed by atoms with Crippen molar-refractivity contribution in [3.8, 4) is 11.5 Å². The zero-order valence-electron chi connectivity index (χ0n) is 14.1. The van der Waals surface area contributed by atoms with Gasteiger partial charge in [0, 0.05) is 0 Å². The van der Waals surface area contributed by atoms with E-state index >= 15 is 0 Å². The van der Waals surface area contributed by atoms with Crippen molar-refractivity contribution in [2.45, 2.75) is 18.7 Å². The van der Waals surface area contributed by atoms with Gasteiger partial charge in [-0.05, 0) is 55.3 Å². The molecule has 25 heavy (non-hydrogen) atoms. The molecule has 0 amide bonds. The molecule has 0 radical (unpaired) electrons. The van der Waals surface area contributed by atoms with Crippen LogP contribution in [0.25, 0.3) is 0 Å². The maximum absolute atomic E-state index is 12.4. The number of rotatable bonds is 7. The van der Waals surface area contributed by atoms with Crippen LogP contribution in [0.4, 0.5) is 0 Å². The Balaban J connectivity index is 2.18. The zero-order chi connectivity index (χ0) is 18.4. The molecule has 0 aromatic heterocycles. The monoisotopic (exact) mass is 382 g/mol. The lowest BCUT2D eigenvalue weighted by Gasteiger charge is -2.09. The first kappa shape index (κ1) is 19.1. The van der Waals surface area contributed by atoms with Gasteiger partial charge in [-0.2, -0.15) is 18.4 Å². The van der Waals surface area contributed by atoms with E-state index in [0.717, 1.165) is 5.56 Å². The summed E-state index contributed by atoms with van der Waals surface area (Å²) < 4.78 is 35.3. The van der Waals surface area contributed by atoms with Gasteiger partial charge >= 0.3 is 0 Å². The first-order chi connectivity index (χ1) is 11.9. The summed E-state index contributed by atoms with van der Waals surface area (Å²) in [5, 5.41) is 4.22. The van der Waals surface area contributed by atoms with E-state index < -0.39 is 10.0 Å². The molecule has 6 nitrogen and oxygen atoms in total. The lowest BCUT2D eigenvalue weighted by atomic mass is 10.2. The smallest absolute Gasteiger partial charge is 0.280 e. The van der Waals surface area contributed by atoms with E-state index in [4.69, 9.17) is 21.1 Å². The van der Waals surface area contributed by atoms with Crippen molar-refractivity contribution < 1.29 is 17.9 Å². The Kier molecular flexibility index (Phi) is 6.27. The Morgan fingerprint density at radius 2 is 1.92 bits per heavy atom. The fraction of sp³-hybridized carbons (Fsp3) is 0.235. The van der Waals surface area contributed by atoms with Crippen LogP contribution in [0.5, 0.6) is 11.5 Å². The van der Waals surface area contributed by atoms with Crippen molar-refractivity contribution in [3.63, 3.8) is 0 Å². The van der Waals surface area contributed by atoms with Crippen LogP contribution in [0.15, 0.2) is 46.4 Å². The average molecular weight is 383 g/mol. The third-order valence-electron chi connectivity index (χ3n) is 3.25. The number of benzene rings is 2. The molecule has 2 aromatic rings. The molecule has 0 bridgehead atoms. The number of nitrogens with one attached hydrogen (secondary N) is 1. The molecule has 0 unspecified atom stereocenters. The molecule has 0 heterocycles. The second-order valence-electron chi connectivity index (χ2n) is 5.13. The number of methoxy groups -OCH3 is 1. The normalized spacial score (nSPS) is 11.5. The van der Waals surface area contributed by atoms with Gasteiger partial charge in [0.25, 0.3) is 10.0 Å². The fourth-order valence-corrected chi connectivity index (χ4v) is 3.37. The van der Waals surface area contributed by atoms with Crippen molar-refractivity contribution in [1.29, 1.82) is 0 Å². The van der Waals surface area contributed by atoms with Gasteiger partial charge in [0.1, 0.15) is 16.4 Å². The molecule has 0 saturated heterocycles. The van der Waals surface area contributed by atoms with Gasteiger partial charge in [-0.1, -0.05) is 17.7 Å². The van der Waals surface area contributed by atoms with Crippen LogP contribution in [0.1, 0.15) is 18.1 Å². The number of ether oxygens (including phenoxy) is 2. The SMILES string of the molecule is CCOc1ccc(/C=N/NS(=O)(=O)c2cc(C)ccc2OC)cc1Cl. The Bertz CT molecular complexity index is 882. The summed E-state index contributed by atoms with van der Waals surface area (Å²) in [5.41, 5.74) is 1.43. The minimum Gasteiger partial charge on any atom is -0.495 e. The summed E-state index contributed by atoms with van der Waals surface area (Å²) in [4.78, 5) is 2.20. The first-order valence-electron chi connectivity index (χ1n) is 7.49. The molecule has 134 valence electrons. The number of hydrazone groups is 1. The van der Waals surface area contributed by atoms with E-state index in [9.17, 15) is 8.42 Å². The van der Waals surface area contributed by atoms with Gasteiger partial charge in [0.2, 0.25) is 0 Å². The van der Waals surface area contributed by atoms with E-state index in [2.05, 4.69) is 9.93 Å². The molecule has 1 N–H and O–H groups in total. The highest BCUT2D eigenvalue weighted by molar-refractivity contribution is 7.89. The third kappa shape index (κ3) is 4.87. The molecule has 0 spiro atoms. The van der Waals surface area contributed by atoms with Gasteiger partial charge in [-0.3, -0.25) is 0 Å². The summed E-state index contributed by atoms with van der Waals surface area (Å²) in [6.45, 7) is 4.16. The number of sulfonamides is 1. The molecule has 0 aliphatic carbocycles. The van der Waals surface area contributed by atoms with Crippen molar-refractivity contribution in [2.24, 2.45) is 5.10 Å². The summed E-state index contributed by atoms with van der Waals surface area (Å²) >= 11 is 6.09. The average Bonchev–Trinajstić information content (AvgIpc) is 2.57. The van der Waals surface area contributed by atoms with Gasteiger partial charge in [-0.15, -0.1) is 0 Å². The standard InChI is InChI=1S/C17H19ClN2O4S/c1-4-24-15-8-6-13(10-14(15)18)11-19-20-25(21,22)17-9-12(2)5-7-16(17)23-3/h5-11,20H,4H2,1-3H3/b19-11+. The van der Waals surface area contributed by atoms with E-state index in [1.165, 1.54) is 19.4 Å². The number of aryl methyl sites for hydroxylation is 1. The highest BCUT2D eigenvalue weighted by Crippen LogP contribution is 2.25. The van der Waals surface area contributed by atoms with E-state index in [1.54, 1.807) is 37.3 Å². The molecule has 0 saturated carbocycles. The maximum atomic E-state index is 12.4. The van der Waals surface area contributed by atoms with Crippen LogP contribution in [0.3, 0.4) is 0 Å². The quantitative estimate of drug-likeness (QED) is 0.588. The molecule has 0 atom stereocenters. The van der Waals surface area contributed by atoms with Crippen LogP contribution in [-0.2, 0) is 10.0 Å². The molecule has 8 heteroatoms. The van der Waals surface area contributed by atoms with Crippen LogP contribution < -0.4 is 14.3 Å². The third-order valence-corrected chi connectivity index (χ3v) is 4.79. The van der Waals surface area contributed by atoms with Gasteiger partial charge in [0.15, 0.2) is 0 Å². The zero-order valence-corrected chi connectivity index (χ0v) is 15.7. The maximum Gasteiger partial charge on any atom is 0.280 e. The van der Waals surface area contributed by atoms with Crippen molar-refractivity contribution in [1.82, 2.24) is 4.83 Å². The minimum absolute atomic E-state index is 0.0249. The van der Waals surface area contributed by atoms with Crippen molar-refractivity contribution in [2.75, 3.05) is 13.7 Å². The van der Waals surface area contributed by atoms with Crippen LogP contribution in [0.2, 0.25) is 5.02 Å². The van der Waals surface area contributed by atoms with Crippen molar-refractivity contribution >= 4 is 27.8 Å². The summed E-state index contributed by atoms with van der Waals surface area (Å²) in [7, 11) is -2.44. The number of halogens is 1. The van der Waals surface area contributed by atoms with Crippen molar-refractivity contribution in [3.05, 3.63) is 52.5 Å². The second kappa shape index (κ2) is 8.22. The number of nitrogens with zero attached hydrogens (tertiary/aromatic N) is 1. The molecular formula is C17H19ClN2O4S. The Morgan fingerprint density at radius 1 is 1.20 bits per heavy atom. The molecule has 2 aromatic carbocycles. The Morgan fingerprint density at radius 3 is 2.56 bits per heavy atom.